The van der Waals surface area contributed by atoms with Crippen LogP contribution < -0.4 is 5.32 Å². The van der Waals surface area contributed by atoms with Crippen LogP contribution in [0.15, 0.2) is 30.6 Å². The molecule has 1 amide bonds. The third-order valence-corrected chi connectivity index (χ3v) is 4.11. The number of morpholine rings is 1. The van der Waals surface area contributed by atoms with Gasteiger partial charge in [0.2, 0.25) is 5.91 Å². The Labute approximate surface area is 130 Å². The van der Waals surface area contributed by atoms with E-state index in [9.17, 15) is 4.79 Å². The Morgan fingerprint density at radius 2 is 2.14 bits per heavy atom. The van der Waals surface area contributed by atoms with Crippen LogP contribution in [0.3, 0.4) is 0 Å². The molecule has 1 aliphatic heterocycles. The molecule has 6 nitrogen and oxygen atoms in total. The molecular formula is C16H22N4O2. The molecule has 1 N–H and O–H groups in total. The normalized spacial score (nSPS) is 17.5. The average molecular weight is 302 g/mol. The zero-order chi connectivity index (χ0) is 15.4. The number of benzene rings is 1. The standard InChI is InChI=1S/C16H22N4O2/c1-13(20-12-18-14-4-2-3-5-15(14)20)16(21)17-6-7-19-8-10-22-11-9-19/h2-5,12-13H,6-11H2,1H3,(H,17,21)/t13-/m1/s1. The second-order valence-corrected chi connectivity index (χ2v) is 5.56. The first-order chi connectivity index (χ1) is 10.8. The monoisotopic (exact) mass is 302 g/mol. The molecule has 1 fully saturated rings. The van der Waals surface area contributed by atoms with Crippen LogP contribution in [-0.2, 0) is 9.53 Å². The van der Waals surface area contributed by atoms with Gasteiger partial charge in [-0.2, -0.15) is 0 Å². The fourth-order valence-electron chi connectivity index (χ4n) is 2.72. The van der Waals surface area contributed by atoms with Crippen LogP contribution in [0.1, 0.15) is 13.0 Å². The van der Waals surface area contributed by atoms with E-state index in [1.807, 2.05) is 35.8 Å². The average Bonchev–Trinajstić information content (AvgIpc) is 2.99. The van der Waals surface area contributed by atoms with Crippen molar-refractivity contribution in [3.05, 3.63) is 30.6 Å². The highest BCUT2D eigenvalue weighted by molar-refractivity contribution is 5.83. The lowest BCUT2D eigenvalue weighted by atomic mass is 10.2. The number of fused-ring (bicyclic) bond motifs is 1. The summed E-state index contributed by atoms with van der Waals surface area (Å²) in [7, 11) is 0. The lowest BCUT2D eigenvalue weighted by Crippen LogP contribution is -2.42. The van der Waals surface area contributed by atoms with E-state index < -0.39 is 0 Å². The van der Waals surface area contributed by atoms with E-state index in [0.717, 1.165) is 43.9 Å². The van der Waals surface area contributed by atoms with E-state index >= 15 is 0 Å². The number of para-hydroxylation sites is 2. The molecule has 22 heavy (non-hydrogen) atoms. The van der Waals surface area contributed by atoms with Gasteiger partial charge in [-0.1, -0.05) is 12.1 Å². The Hall–Kier alpha value is -1.92. The summed E-state index contributed by atoms with van der Waals surface area (Å²) < 4.78 is 7.23. The van der Waals surface area contributed by atoms with E-state index in [2.05, 4.69) is 15.2 Å². The number of nitrogens with zero attached hydrogens (tertiary/aromatic N) is 3. The summed E-state index contributed by atoms with van der Waals surface area (Å²) in [5.74, 6) is 0.0245. The molecule has 1 aliphatic rings. The smallest absolute Gasteiger partial charge is 0.242 e. The second-order valence-electron chi connectivity index (χ2n) is 5.56. The molecule has 1 saturated heterocycles. The molecule has 3 rings (SSSR count). The Bertz CT molecular complexity index is 634. The Kier molecular flexibility index (Phi) is 4.70. The summed E-state index contributed by atoms with van der Waals surface area (Å²) in [5, 5.41) is 3.01. The van der Waals surface area contributed by atoms with Crippen LogP contribution in [0.4, 0.5) is 0 Å². The van der Waals surface area contributed by atoms with E-state index in [4.69, 9.17) is 4.74 Å². The molecule has 0 radical (unpaired) electrons. The molecule has 0 unspecified atom stereocenters. The third kappa shape index (κ3) is 3.28. The van der Waals surface area contributed by atoms with Gasteiger partial charge in [0.25, 0.3) is 0 Å². The van der Waals surface area contributed by atoms with Gasteiger partial charge in [-0.25, -0.2) is 4.98 Å². The van der Waals surface area contributed by atoms with Gasteiger partial charge in [0.1, 0.15) is 6.04 Å². The molecule has 0 saturated carbocycles. The zero-order valence-electron chi connectivity index (χ0n) is 12.9. The van der Waals surface area contributed by atoms with Crippen molar-refractivity contribution in [3.63, 3.8) is 0 Å². The van der Waals surface area contributed by atoms with Gasteiger partial charge in [0.15, 0.2) is 0 Å². The summed E-state index contributed by atoms with van der Waals surface area (Å²) in [5.41, 5.74) is 1.90. The second kappa shape index (κ2) is 6.89. The number of carbonyl (C=O) groups excluding carboxylic acids is 1. The summed E-state index contributed by atoms with van der Waals surface area (Å²) in [6.45, 7) is 6.88. The fraction of sp³-hybridized carbons (Fsp3) is 0.500. The summed E-state index contributed by atoms with van der Waals surface area (Å²) in [6, 6.07) is 7.59. The van der Waals surface area contributed by atoms with Crippen molar-refractivity contribution in [1.82, 2.24) is 19.8 Å². The molecule has 1 aromatic heterocycles. The van der Waals surface area contributed by atoms with E-state index in [-0.39, 0.29) is 11.9 Å². The highest BCUT2D eigenvalue weighted by Gasteiger charge is 2.17. The van der Waals surface area contributed by atoms with Crippen molar-refractivity contribution in [1.29, 1.82) is 0 Å². The molecular weight excluding hydrogens is 280 g/mol. The predicted octanol–water partition coefficient (Wildman–Crippen LogP) is 1.05. The number of aromatic nitrogens is 2. The van der Waals surface area contributed by atoms with Gasteiger partial charge in [0, 0.05) is 26.2 Å². The Balaban J connectivity index is 1.55. The molecule has 1 atom stereocenters. The molecule has 0 bridgehead atoms. The number of hydrogen-bond acceptors (Lipinski definition) is 4. The molecule has 0 spiro atoms. The van der Waals surface area contributed by atoms with Crippen LogP contribution in [-0.4, -0.2) is 59.8 Å². The van der Waals surface area contributed by atoms with E-state index in [1.54, 1.807) is 6.33 Å². The molecule has 6 heteroatoms. The van der Waals surface area contributed by atoms with Crippen LogP contribution in [0.25, 0.3) is 11.0 Å². The topological polar surface area (TPSA) is 59.4 Å². The minimum atomic E-state index is -0.267. The number of carbonyl (C=O) groups is 1. The lowest BCUT2D eigenvalue weighted by molar-refractivity contribution is -0.123. The summed E-state index contributed by atoms with van der Waals surface area (Å²) >= 11 is 0. The minimum Gasteiger partial charge on any atom is -0.379 e. The molecule has 2 heterocycles. The van der Waals surface area contributed by atoms with Crippen LogP contribution in [0, 0.1) is 0 Å². The zero-order valence-corrected chi connectivity index (χ0v) is 12.9. The van der Waals surface area contributed by atoms with E-state index in [1.165, 1.54) is 0 Å². The quantitative estimate of drug-likeness (QED) is 0.897. The number of amides is 1. The van der Waals surface area contributed by atoms with Crippen molar-refractivity contribution < 1.29 is 9.53 Å². The number of rotatable bonds is 5. The Morgan fingerprint density at radius 1 is 1.36 bits per heavy atom. The van der Waals surface area contributed by atoms with E-state index in [0.29, 0.717) is 6.54 Å². The first-order valence-corrected chi connectivity index (χ1v) is 7.75. The van der Waals surface area contributed by atoms with Crippen LogP contribution in [0.2, 0.25) is 0 Å². The molecule has 1 aromatic carbocycles. The van der Waals surface area contributed by atoms with Gasteiger partial charge >= 0.3 is 0 Å². The van der Waals surface area contributed by atoms with Gasteiger partial charge < -0.3 is 14.6 Å². The number of imidazole rings is 1. The van der Waals surface area contributed by atoms with Gasteiger partial charge in [-0.05, 0) is 19.1 Å². The van der Waals surface area contributed by atoms with Gasteiger partial charge in [0.05, 0.1) is 30.6 Å². The first-order valence-electron chi connectivity index (χ1n) is 7.75. The first kappa shape index (κ1) is 15.0. The molecule has 2 aromatic rings. The maximum Gasteiger partial charge on any atom is 0.242 e. The van der Waals surface area contributed by atoms with Crippen molar-refractivity contribution in [3.8, 4) is 0 Å². The van der Waals surface area contributed by atoms with Crippen LogP contribution >= 0.6 is 0 Å². The van der Waals surface area contributed by atoms with Crippen LogP contribution in [0.5, 0.6) is 0 Å². The third-order valence-electron chi connectivity index (χ3n) is 4.11. The van der Waals surface area contributed by atoms with Gasteiger partial charge in [-0.3, -0.25) is 9.69 Å². The number of ether oxygens (including phenoxy) is 1. The van der Waals surface area contributed by atoms with Crippen molar-refractivity contribution in [2.45, 2.75) is 13.0 Å². The number of hydrogen-bond donors (Lipinski definition) is 1. The lowest BCUT2D eigenvalue weighted by Gasteiger charge is -2.26. The maximum absolute atomic E-state index is 12.3. The van der Waals surface area contributed by atoms with Gasteiger partial charge in [-0.15, -0.1) is 0 Å². The van der Waals surface area contributed by atoms with Crippen molar-refractivity contribution in [2.24, 2.45) is 0 Å². The minimum absolute atomic E-state index is 0.0245. The predicted molar refractivity (Wildman–Crippen MR) is 84.7 cm³/mol. The number of nitrogens with one attached hydrogen (secondary N) is 1. The Morgan fingerprint density at radius 3 is 2.95 bits per heavy atom. The summed E-state index contributed by atoms with van der Waals surface area (Å²) in [4.78, 5) is 19.0. The molecule has 118 valence electrons. The maximum atomic E-state index is 12.3. The highest BCUT2D eigenvalue weighted by Crippen LogP contribution is 2.17. The SMILES string of the molecule is C[C@H](C(=O)NCCN1CCOCC1)n1cnc2ccccc21. The van der Waals surface area contributed by atoms with Crippen molar-refractivity contribution >= 4 is 16.9 Å². The largest absolute Gasteiger partial charge is 0.379 e. The van der Waals surface area contributed by atoms with Crippen molar-refractivity contribution in [2.75, 3.05) is 39.4 Å². The summed E-state index contributed by atoms with van der Waals surface area (Å²) in [6.07, 6.45) is 1.73. The highest BCUT2D eigenvalue weighted by atomic mass is 16.5. The fourth-order valence-corrected chi connectivity index (χ4v) is 2.72. The molecule has 0 aliphatic carbocycles.